The van der Waals surface area contributed by atoms with Gasteiger partial charge in [-0.3, -0.25) is 4.79 Å². The van der Waals surface area contributed by atoms with Gasteiger partial charge in [0.2, 0.25) is 0 Å². The second kappa shape index (κ2) is 5.57. The molecule has 0 aromatic carbocycles. The molecule has 1 aliphatic carbocycles. The van der Waals surface area contributed by atoms with Crippen molar-refractivity contribution in [2.75, 3.05) is 26.4 Å². The molecule has 0 saturated heterocycles. The third-order valence-corrected chi connectivity index (χ3v) is 4.06. The average molecular weight is 262 g/mol. The van der Waals surface area contributed by atoms with Gasteiger partial charge in [-0.2, -0.15) is 0 Å². The Labute approximate surface area is 114 Å². The summed E-state index contributed by atoms with van der Waals surface area (Å²) in [6.07, 6.45) is 4.71. The molecule has 2 rings (SSSR count). The van der Waals surface area contributed by atoms with Crippen LogP contribution in [0, 0.1) is 0 Å². The van der Waals surface area contributed by atoms with Gasteiger partial charge in [-0.1, -0.05) is 18.9 Å². The lowest BCUT2D eigenvalue weighted by Gasteiger charge is -2.36. The zero-order chi connectivity index (χ0) is 13.9. The molecule has 3 N–H and O–H groups in total. The summed E-state index contributed by atoms with van der Waals surface area (Å²) in [5.41, 5.74) is 6.06. The van der Waals surface area contributed by atoms with E-state index in [0.717, 1.165) is 12.8 Å². The van der Waals surface area contributed by atoms with E-state index in [-0.39, 0.29) is 11.4 Å². The Morgan fingerprint density at radius 2 is 2.11 bits per heavy atom. The number of aromatic nitrogens is 1. The van der Waals surface area contributed by atoms with Crippen LogP contribution in [0.25, 0.3) is 0 Å². The topological polar surface area (TPSA) is 71.2 Å². The molecular formula is C14H22N4O. The largest absolute Gasteiger partial charge is 0.384 e. The molecule has 1 aliphatic rings. The summed E-state index contributed by atoms with van der Waals surface area (Å²) in [6.45, 7) is 0.662. The fourth-order valence-electron chi connectivity index (χ4n) is 2.73. The Kier molecular flexibility index (Phi) is 4.04. The molecule has 1 aromatic rings. The second-order valence-corrected chi connectivity index (χ2v) is 5.46. The Bertz CT molecular complexity index is 453. The van der Waals surface area contributed by atoms with Gasteiger partial charge in [0.15, 0.2) is 0 Å². The number of rotatable bonds is 4. The van der Waals surface area contributed by atoms with Gasteiger partial charge in [-0.15, -0.1) is 0 Å². The Morgan fingerprint density at radius 3 is 2.68 bits per heavy atom. The average Bonchev–Trinajstić information content (AvgIpc) is 2.86. The van der Waals surface area contributed by atoms with Crippen molar-refractivity contribution in [3.8, 4) is 0 Å². The number of nitrogens with zero attached hydrogens (tertiary/aromatic N) is 2. The maximum atomic E-state index is 12.1. The lowest BCUT2D eigenvalue weighted by molar-refractivity contribution is 0.0895. The standard InChI is InChI=1S/C14H22N4O/c1-18(2)14(8-3-4-9-14)10-16-13(19)11-6-5-7-12(15)17-11/h5-7H,3-4,8-10H2,1-2H3,(H2,15,17)(H,16,19). The van der Waals surface area contributed by atoms with Crippen molar-refractivity contribution in [3.05, 3.63) is 23.9 Å². The fraction of sp³-hybridized carbons (Fsp3) is 0.571. The third kappa shape index (κ3) is 3.04. The number of nitrogens with two attached hydrogens (primary N) is 1. The Morgan fingerprint density at radius 1 is 1.42 bits per heavy atom. The smallest absolute Gasteiger partial charge is 0.270 e. The number of hydrogen-bond donors (Lipinski definition) is 2. The minimum Gasteiger partial charge on any atom is -0.384 e. The highest BCUT2D eigenvalue weighted by molar-refractivity contribution is 5.92. The summed E-state index contributed by atoms with van der Waals surface area (Å²) in [5.74, 6) is 0.219. The highest BCUT2D eigenvalue weighted by Gasteiger charge is 2.36. The maximum absolute atomic E-state index is 12.1. The first-order valence-electron chi connectivity index (χ1n) is 6.72. The number of carbonyl (C=O) groups excluding carboxylic acids is 1. The van der Waals surface area contributed by atoms with Crippen molar-refractivity contribution < 1.29 is 4.79 Å². The molecular weight excluding hydrogens is 240 g/mol. The van der Waals surface area contributed by atoms with Crippen molar-refractivity contribution in [1.82, 2.24) is 15.2 Å². The van der Waals surface area contributed by atoms with E-state index in [4.69, 9.17) is 5.73 Å². The number of nitrogen functional groups attached to an aromatic ring is 1. The lowest BCUT2D eigenvalue weighted by atomic mass is 9.96. The number of hydrogen-bond acceptors (Lipinski definition) is 4. The molecule has 0 atom stereocenters. The van der Waals surface area contributed by atoms with E-state index >= 15 is 0 Å². The van der Waals surface area contributed by atoms with Gasteiger partial charge in [0.25, 0.3) is 5.91 Å². The van der Waals surface area contributed by atoms with E-state index in [1.165, 1.54) is 12.8 Å². The minimum absolute atomic E-state index is 0.0932. The zero-order valence-electron chi connectivity index (χ0n) is 11.6. The van der Waals surface area contributed by atoms with Crippen molar-refractivity contribution in [3.63, 3.8) is 0 Å². The normalized spacial score (nSPS) is 17.6. The monoisotopic (exact) mass is 262 g/mol. The van der Waals surface area contributed by atoms with Gasteiger partial charge in [0.05, 0.1) is 0 Å². The van der Waals surface area contributed by atoms with Crippen LogP contribution in [-0.4, -0.2) is 42.0 Å². The predicted octanol–water partition coefficient (Wildman–Crippen LogP) is 1.27. The molecule has 1 saturated carbocycles. The van der Waals surface area contributed by atoms with Crippen LogP contribution in [0.5, 0.6) is 0 Å². The summed E-state index contributed by atoms with van der Waals surface area (Å²) in [6, 6.07) is 5.10. The van der Waals surface area contributed by atoms with E-state index in [1.807, 2.05) is 0 Å². The van der Waals surface area contributed by atoms with E-state index in [2.05, 4.69) is 29.3 Å². The van der Waals surface area contributed by atoms with Crippen LogP contribution in [0.3, 0.4) is 0 Å². The molecule has 0 spiro atoms. The van der Waals surface area contributed by atoms with Crippen LogP contribution in [0.2, 0.25) is 0 Å². The highest BCUT2D eigenvalue weighted by Crippen LogP contribution is 2.33. The molecule has 0 aliphatic heterocycles. The van der Waals surface area contributed by atoms with Gasteiger partial charge in [-0.25, -0.2) is 4.98 Å². The molecule has 0 radical (unpaired) electrons. The molecule has 1 aromatic heterocycles. The summed E-state index contributed by atoms with van der Waals surface area (Å²) in [5, 5.41) is 2.99. The van der Waals surface area contributed by atoms with E-state index < -0.39 is 0 Å². The fourth-order valence-corrected chi connectivity index (χ4v) is 2.73. The Balaban J connectivity index is 2.00. The van der Waals surface area contributed by atoms with Crippen LogP contribution in [0.1, 0.15) is 36.2 Å². The number of nitrogens with one attached hydrogen (secondary N) is 1. The number of carbonyl (C=O) groups is 1. The van der Waals surface area contributed by atoms with Gasteiger partial charge >= 0.3 is 0 Å². The maximum Gasteiger partial charge on any atom is 0.270 e. The summed E-state index contributed by atoms with van der Waals surface area (Å²) in [7, 11) is 4.16. The van der Waals surface area contributed by atoms with E-state index in [0.29, 0.717) is 18.1 Å². The quantitative estimate of drug-likeness (QED) is 0.857. The van der Waals surface area contributed by atoms with Crippen molar-refractivity contribution >= 4 is 11.7 Å². The lowest BCUT2D eigenvalue weighted by Crippen LogP contribution is -2.50. The molecule has 1 amide bonds. The SMILES string of the molecule is CN(C)C1(CNC(=O)c2cccc(N)n2)CCCC1. The molecule has 0 bridgehead atoms. The number of amides is 1. The molecule has 5 nitrogen and oxygen atoms in total. The first-order chi connectivity index (χ1) is 9.03. The van der Waals surface area contributed by atoms with Gasteiger partial charge in [0, 0.05) is 12.1 Å². The van der Waals surface area contributed by atoms with Crippen LogP contribution >= 0.6 is 0 Å². The number of pyridine rings is 1. The van der Waals surface area contributed by atoms with Crippen LogP contribution < -0.4 is 11.1 Å². The van der Waals surface area contributed by atoms with Gasteiger partial charge in [0.1, 0.15) is 11.5 Å². The second-order valence-electron chi connectivity index (χ2n) is 5.46. The Hall–Kier alpha value is -1.62. The first-order valence-corrected chi connectivity index (χ1v) is 6.72. The molecule has 5 heteroatoms. The number of likely N-dealkylation sites (N-methyl/N-ethyl adjacent to an activating group) is 1. The molecule has 1 heterocycles. The zero-order valence-corrected chi connectivity index (χ0v) is 11.6. The predicted molar refractivity (Wildman–Crippen MR) is 75.9 cm³/mol. The highest BCUT2D eigenvalue weighted by atomic mass is 16.1. The van der Waals surface area contributed by atoms with Crippen LogP contribution in [0.15, 0.2) is 18.2 Å². The third-order valence-electron chi connectivity index (χ3n) is 4.06. The van der Waals surface area contributed by atoms with Crippen molar-refractivity contribution in [2.24, 2.45) is 0 Å². The number of anilines is 1. The summed E-state index contributed by atoms with van der Waals surface area (Å²) < 4.78 is 0. The summed E-state index contributed by atoms with van der Waals surface area (Å²) in [4.78, 5) is 18.3. The van der Waals surface area contributed by atoms with Crippen LogP contribution in [-0.2, 0) is 0 Å². The molecule has 1 fully saturated rings. The van der Waals surface area contributed by atoms with Crippen molar-refractivity contribution in [1.29, 1.82) is 0 Å². The van der Waals surface area contributed by atoms with E-state index in [9.17, 15) is 4.79 Å². The van der Waals surface area contributed by atoms with Crippen molar-refractivity contribution in [2.45, 2.75) is 31.2 Å². The molecule has 104 valence electrons. The van der Waals surface area contributed by atoms with E-state index in [1.54, 1.807) is 18.2 Å². The van der Waals surface area contributed by atoms with Crippen LogP contribution in [0.4, 0.5) is 5.82 Å². The molecule has 19 heavy (non-hydrogen) atoms. The minimum atomic E-state index is -0.152. The van der Waals surface area contributed by atoms with Gasteiger partial charge < -0.3 is 16.0 Å². The van der Waals surface area contributed by atoms with Gasteiger partial charge in [-0.05, 0) is 39.1 Å². The first kappa shape index (κ1) is 13.8. The summed E-state index contributed by atoms with van der Waals surface area (Å²) >= 11 is 0. The molecule has 0 unspecified atom stereocenters.